The van der Waals surface area contributed by atoms with E-state index in [1.54, 1.807) is 37.7 Å². The van der Waals surface area contributed by atoms with Gasteiger partial charge in [-0.2, -0.15) is 0 Å². The van der Waals surface area contributed by atoms with E-state index in [2.05, 4.69) is 15.3 Å². The van der Waals surface area contributed by atoms with Gasteiger partial charge >= 0.3 is 0 Å². The SMILES string of the molecule is COc1ccc(NC(C)=O)cc1-c1nccnc1CN. The van der Waals surface area contributed by atoms with Crippen LogP contribution in [0.4, 0.5) is 5.69 Å². The Bertz CT molecular complexity index is 628. The first-order valence-electron chi connectivity index (χ1n) is 6.11. The van der Waals surface area contributed by atoms with Gasteiger partial charge in [-0.1, -0.05) is 0 Å². The zero-order chi connectivity index (χ0) is 14.5. The van der Waals surface area contributed by atoms with Crippen molar-refractivity contribution in [3.8, 4) is 17.0 Å². The molecule has 0 fully saturated rings. The minimum atomic E-state index is -0.140. The van der Waals surface area contributed by atoms with Gasteiger partial charge in [-0.3, -0.25) is 14.8 Å². The molecule has 0 saturated carbocycles. The first-order chi connectivity index (χ1) is 9.65. The highest BCUT2D eigenvalue weighted by atomic mass is 16.5. The normalized spacial score (nSPS) is 10.2. The summed E-state index contributed by atoms with van der Waals surface area (Å²) < 4.78 is 5.34. The molecule has 0 aliphatic rings. The van der Waals surface area contributed by atoms with Gasteiger partial charge in [0.1, 0.15) is 5.75 Å². The third-order valence-electron chi connectivity index (χ3n) is 2.74. The Morgan fingerprint density at radius 1 is 1.35 bits per heavy atom. The molecule has 2 rings (SSSR count). The number of aromatic nitrogens is 2. The molecule has 0 unspecified atom stereocenters. The van der Waals surface area contributed by atoms with E-state index in [1.807, 2.05) is 0 Å². The van der Waals surface area contributed by atoms with Crippen LogP contribution in [0.3, 0.4) is 0 Å². The number of amides is 1. The number of nitrogens with one attached hydrogen (secondary N) is 1. The number of rotatable bonds is 4. The van der Waals surface area contributed by atoms with E-state index >= 15 is 0 Å². The molecule has 1 amide bonds. The number of carbonyl (C=O) groups is 1. The quantitative estimate of drug-likeness (QED) is 0.881. The van der Waals surface area contributed by atoms with Crippen molar-refractivity contribution in [2.24, 2.45) is 5.73 Å². The molecule has 0 aliphatic carbocycles. The second-order valence-electron chi connectivity index (χ2n) is 4.15. The van der Waals surface area contributed by atoms with E-state index in [0.717, 1.165) is 5.56 Å². The molecule has 20 heavy (non-hydrogen) atoms. The number of nitrogens with two attached hydrogens (primary N) is 1. The third kappa shape index (κ3) is 2.92. The molecular formula is C14H16N4O2. The molecule has 0 radical (unpaired) electrons. The number of ether oxygens (including phenoxy) is 1. The van der Waals surface area contributed by atoms with Crippen molar-refractivity contribution in [1.82, 2.24) is 9.97 Å². The first-order valence-corrected chi connectivity index (χ1v) is 6.11. The molecular weight excluding hydrogens is 256 g/mol. The number of methoxy groups -OCH3 is 1. The summed E-state index contributed by atoms with van der Waals surface area (Å²) in [6, 6.07) is 5.33. The van der Waals surface area contributed by atoms with Gasteiger partial charge in [-0.25, -0.2) is 0 Å². The summed E-state index contributed by atoms with van der Waals surface area (Å²) in [5, 5.41) is 2.73. The lowest BCUT2D eigenvalue weighted by Crippen LogP contribution is -2.07. The predicted octanol–water partition coefficient (Wildman–Crippen LogP) is 1.57. The van der Waals surface area contributed by atoms with Crippen molar-refractivity contribution < 1.29 is 9.53 Å². The molecule has 0 spiro atoms. The maximum Gasteiger partial charge on any atom is 0.221 e. The van der Waals surface area contributed by atoms with E-state index < -0.39 is 0 Å². The molecule has 1 aromatic carbocycles. The van der Waals surface area contributed by atoms with Crippen molar-refractivity contribution in [3.63, 3.8) is 0 Å². The average Bonchev–Trinajstić information content (AvgIpc) is 2.46. The summed E-state index contributed by atoms with van der Waals surface area (Å²) >= 11 is 0. The van der Waals surface area contributed by atoms with Gasteiger partial charge in [0.15, 0.2) is 0 Å². The van der Waals surface area contributed by atoms with Gasteiger partial charge < -0.3 is 15.8 Å². The minimum Gasteiger partial charge on any atom is -0.496 e. The summed E-state index contributed by atoms with van der Waals surface area (Å²) in [6.07, 6.45) is 3.19. The Morgan fingerprint density at radius 2 is 2.10 bits per heavy atom. The van der Waals surface area contributed by atoms with Crippen molar-refractivity contribution >= 4 is 11.6 Å². The van der Waals surface area contributed by atoms with Crippen LogP contribution >= 0.6 is 0 Å². The number of hydrogen-bond acceptors (Lipinski definition) is 5. The summed E-state index contributed by atoms with van der Waals surface area (Å²) in [5.41, 5.74) is 8.42. The second-order valence-corrected chi connectivity index (χ2v) is 4.15. The second kappa shape index (κ2) is 6.12. The maximum absolute atomic E-state index is 11.1. The molecule has 0 atom stereocenters. The molecule has 6 heteroatoms. The highest BCUT2D eigenvalue weighted by Crippen LogP contribution is 2.32. The lowest BCUT2D eigenvalue weighted by molar-refractivity contribution is -0.114. The van der Waals surface area contributed by atoms with Crippen molar-refractivity contribution in [2.75, 3.05) is 12.4 Å². The van der Waals surface area contributed by atoms with Crippen molar-refractivity contribution in [3.05, 3.63) is 36.3 Å². The fourth-order valence-corrected chi connectivity index (χ4v) is 1.92. The predicted molar refractivity (Wildman–Crippen MR) is 76.2 cm³/mol. The van der Waals surface area contributed by atoms with Gasteiger partial charge in [0.2, 0.25) is 5.91 Å². The van der Waals surface area contributed by atoms with Crippen LogP contribution in [0.5, 0.6) is 5.75 Å². The zero-order valence-corrected chi connectivity index (χ0v) is 11.4. The Labute approximate surface area is 117 Å². The van der Waals surface area contributed by atoms with Crippen LogP contribution in [-0.4, -0.2) is 23.0 Å². The first kappa shape index (κ1) is 14.0. The number of anilines is 1. The number of carbonyl (C=O) groups excluding carboxylic acids is 1. The molecule has 2 aromatic rings. The Kier molecular flexibility index (Phi) is 4.27. The largest absolute Gasteiger partial charge is 0.496 e. The van der Waals surface area contributed by atoms with Crippen LogP contribution < -0.4 is 15.8 Å². The van der Waals surface area contributed by atoms with Crippen molar-refractivity contribution in [1.29, 1.82) is 0 Å². The average molecular weight is 272 g/mol. The number of nitrogens with zero attached hydrogens (tertiary/aromatic N) is 2. The summed E-state index contributed by atoms with van der Waals surface area (Å²) in [5.74, 6) is 0.508. The molecule has 3 N–H and O–H groups in total. The van der Waals surface area contributed by atoms with E-state index in [1.165, 1.54) is 6.92 Å². The fraction of sp³-hybridized carbons (Fsp3) is 0.214. The molecule has 0 bridgehead atoms. The summed E-state index contributed by atoms with van der Waals surface area (Å²) in [4.78, 5) is 19.7. The molecule has 0 aliphatic heterocycles. The Hall–Kier alpha value is -2.47. The maximum atomic E-state index is 11.1. The molecule has 1 heterocycles. The van der Waals surface area contributed by atoms with E-state index in [4.69, 9.17) is 10.5 Å². The zero-order valence-electron chi connectivity index (χ0n) is 11.4. The molecule has 0 saturated heterocycles. The van der Waals surface area contributed by atoms with E-state index in [-0.39, 0.29) is 12.5 Å². The van der Waals surface area contributed by atoms with Crippen LogP contribution in [0.25, 0.3) is 11.3 Å². The van der Waals surface area contributed by atoms with Gasteiger partial charge in [0.05, 0.1) is 18.5 Å². The van der Waals surface area contributed by atoms with Gasteiger partial charge in [-0.15, -0.1) is 0 Å². The topological polar surface area (TPSA) is 90.1 Å². The van der Waals surface area contributed by atoms with Crippen LogP contribution in [0.1, 0.15) is 12.6 Å². The van der Waals surface area contributed by atoms with Crippen LogP contribution in [0.15, 0.2) is 30.6 Å². The lowest BCUT2D eigenvalue weighted by atomic mass is 10.1. The number of benzene rings is 1. The van der Waals surface area contributed by atoms with Crippen molar-refractivity contribution in [2.45, 2.75) is 13.5 Å². The summed E-state index contributed by atoms with van der Waals surface area (Å²) in [7, 11) is 1.58. The number of hydrogen-bond donors (Lipinski definition) is 2. The summed E-state index contributed by atoms with van der Waals surface area (Å²) in [6.45, 7) is 1.73. The smallest absolute Gasteiger partial charge is 0.221 e. The monoisotopic (exact) mass is 272 g/mol. The molecule has 1 aromatic heterocycles. The van der Waals surface area contributed by atoms with Crippen LogP contribution in [0, 0.1) is 0 Å². The standard InChI is InChI=1S/C14H16N4O2/c1-9(19)18-10-3-4-13(20-2)11(7-10)14-12(8-15)16-5-6-17-14/h3-7H,8,15H2,1-2H3,(H,18,19). The van der Waals surface area contributed by atoms with Crippen LogP contribution in [0.2, 0.25) is 0 Å². The van der Waals surface area contributed by atoms with Crippen LogP contribution in [-0.2, 0) is 11.3 Å². The van der Waals surface area contributed by atoms with Gasteiger partial charge in [-0.05, 0) is 18.2 Å². The molecule has 6 nitrogen and oxygen atoms in total. The van der Waals surface area contributed by atoms with E-state index in [9.17, 15) is 4.79 Å². The van der Waals surface area contributed by atoms with E-state index in [0.29, 0.717) is 22.8 Å². The Balaban J connectivity index is 2.55. The third-order valence-corrected chi connectivity index (χ3v) is 2.74. The highest BCUT2D eigenvalue weighted by Gasteiger charge is 2.13. The Morgan fingerprint density at radius 3 is 2.75 bits per heavy atom. The fourth-order valence-electron chi connectivity index (χ4n) is 1.92. The highest BCUT2D eigenvalue weighted by molar-refractivity contribution is 5.90. The lowest BCUT2D eigenvalue weighted by Gasteiger charge is -2.12. The van der Waals surface area contributed by atoms with Gasteiger partial charge in [0.25, 0.3) is 0 Å². The van der Waals surface area contributed by atoms with Gasteiger partial charge in [0, 0.05) is 37.1 Å². The minimum absolute atomic E-state index is 0.140. The molecule has 104 valence electrons.